The lowest BCUT2D eigenvalue weighted by molar-refractivity contribution is -0.134. The summed E-state index contributed by atoms with van der Waals surface area (Å²) in [7, 11) is -1.26. The van der Waals surface area contributed by atoms with Crippen LogP contribution in [0.2, 0.25) is 10.0 Å². The average molecular weight is 463 g/mol. The molecule has 0 spiro atoms. The van der Waals surface area contributed by atoms with Gasteiger partial charge in [0.05, 0.1) is 9.92 Å². The molecule has 0 aromatic heterocycles. The van der Waals surface area contributed by atoms with Crippen molar-refractivity contribution in [3.05, 3.63) is 70.7 Å². The third kappa shape index (κ3) is 4.78. The molecule has 0 radical (unpaired) electrons. The van der Waals surface area contributed by atoms with Gasteiger partial charge < -0.3 is 9.64 Å². The van der Waals surface area contributed by atoms with Crippen LogP contribution in [0.1, 0.15) is 0 Å². The molecule has 3 aromatic rings. The molecule has 0 aliphatic carbocycles. The molecule has 1 aliphatic rings. The van der Waals surface area contributed by atoms with Gasteiger partial charge in [-0.2, -0.15) is 0 Å². The van der Waals surface area contributed by atoms with Crippen molar-refractivity contribution in [2.24, 2.45) is 0 Å². The summed E-state index contributed by atoms with van der Waals surface area (Å²) in [6.45, 7) is 1.96. The second-order valence-corrected chi connectivity index (χ2v) is 9.26. The minimum Gasteiger partial charge on any atom is -0.482 e. The van der Waals surface area contributed by atoms with Crippen molar-refractivity contribution in [1.29, 1.82) is 0 Å². The zero-order valence-electron chi connectivity index (χ0n) is 16.1. The predicted octanol–water partition coefficient (Wildman–Crippen LogP) is 4.39. The molecule has 8 heteroatoms. The molecule has 0 bridgehead atoms. The highest BCUT2D eigenvalue weighted by molar-refractivity contribution is 7.82. The molecule has 1 aliphatic heterocycles. The molecule has 156 valence electrons. The van der Waals surface area contributed by atoms with E-state index in [-0.39, 0.29) is 12.5 Å². The Bertz CT molecular complexity index is 1100. The van der Waals surface area contributed by atoms with Gasteiger partial charge in [0.1, 0.15) is 16.7 Å². The first kappa shape index (κ1) is 21.1. The van der Waals surface area contributed by atoms with E-state index in [1.807, 2.05) is 46.8 Å². The Morgan fingerprint density at radius 3 is 2.40 bits per heavy atom. The molecule has 1 amide bonds. The number of nitrogens with zero attached hydrogens (tertiary/aromatic N) is 2. The summed E-state index contributed by atoms with van der Waals surface area (Å²) >= 11 is 11.9. The smallest absolute Gasteiger partial charge is 0.260 e. The number of ether oxygens (including phenoxy) is 1. The summed E-state index contributed by atoms with van der Waals surface area (Å²) in [5, 5.41) is 3.06. The van der Waals surface area contributed by atoms with Gasteiger partial charge in [-0.05, 0) is 41.1 Å². The van der Waals surface area contributed by atoms with Gasteiger partial charge in [0.2, 0.25) is 0 Å². The molecule has 1 atom stereocenters. The van der Waals surface area contributed by atoms with Crippen LogP contribution in [0, 0.1) is 0 Å². The van der Waals surface area contributed by atoms with Crippen molar-refractivity contribution in [3.63, 3.8) is 0 Å². The molecular weight excluding hydrogens is 443 g/mol. The normalized spacial score (nSPS) is 15.9. The number of rotatable bonds is 5. The number of halogens is 2. The highest BCUT2D eigenvalue weighted by Crippen LogP contribution is 2.27. The van der Waals surface area contributed by atoms with Crippen LogP contribution < -0.4 is 4.74 Å². The molecule has 3 aromatic carbocycles. The monoisotopic (exact) mass is 462 g/mol. The third-order valence-corrected chi connectivity index (χ3v) is 7.02. The van der Waals surface area contributed by atoms with Gasteiger partial charge in [-0.1, -0.05) is 53.5 Å². The topological polar surface area (TPSA) is 49.9 Å². The van der Waals surface area contributed by atoms with Gasteiger partial charge in [0.25, 0.3) is 5.91 Å². The third-order valence-electron chi connectivity index (χ3n) is 4.99. The van der Waals surface area contributed by atoms with E-state index in [0.29, 0.717) is 42.0 Å². The van der Waals surface area contributed by atoms with E-state index in [9.17, 15) is 9.00 Å². The molecule has 1 saturated heterocycles. The Morgan fingerprint density at radius 1 is 0.933 bits per heavy atom. The van der Waals surface area contributed by atoms with Crippen LogP contribution in [0.4, 0.5) is 0 Å². The van der Waals surface area contributed by atoms with E-state index in [4.69, 9.17) is 27.9 Å². The summed E-state index contributed by atoms with van der Waals surface area (Å²) in [4.78, 5) is 15.0. The zero-order chi connectivity index (χ0) is 21.1. The minimum absolute atomic E-state index is 0.102. The molecule has 1 fully saturated rings. The standard InChI is InChI=1S/C22H20Cl2N2O3S/c23-18-6-8-21(20(24)14-18)29-15-22(27)25-9-11-26(12-10-25)30(28)19-7-5-16-3-1-2-4-17(16)13-19/h1-8,13-14H,9-12,15H2. The number of piperazine rings is 1. The lowest BCUT2D eigenvalue weighted by atomic mass is 10.1. The van der Waals surface area contributed by atoms with Crippen molar-refractivity contribution in [2.75, 3.05) is 32.8 Å². The van der Waals surface area contributed by atoms with Crippen LogP contribution in [0.15, 0.2) is 65.6 Å². The van der Waals surface area contributed by atoms with E-state index in [1.54, 1.807) is 23.1 Å². The lowest BCUT2D eigenvalue weighted by Crippen LogP contribution is -2.50. The minimum atomic E-state index is -1.26. The summed E-state index contributed by atoms with van der Waals surface area (Å²) in [6.07, 6.45) is 0. The summed E-state index contributed by atoms with van der Waals surface area (Å²) < 4.78 is 20.4. The Hall–Kier alpha value is -2.12. The van der Waals surface area contributed by atoms with Crippen molar-refractivity contribution in [1.82, 2.24) is 9.21 Å². The highest BCUT2D eigenvalue weighted by Gasteiger charge is 2.25. The fourth-order valence-corrected chi connectivity index (χ4v) is 5.02. The van der Waals surface area contributed by atoms with Crippen LogP contribution in [0.5, 0.6) is 5.75 Å². The molecule has 0 saturated carbocycles. The zero-order valence-corrected chi connectivity index (χ0v) is 18.4. The van der Waals surface area contributed by atoms with Crippen molar-refractivity contribution < 1.29 is 13.7 Å². The van der Waals surface area contributed by atoms with Crippen LogP contribution in [0.25, 0.3) is 10.8 Å². The van der Waals surface area contributed by atoms with Gasteiger partial charge >= 0.3 is 0 Å². The fourth-order valence-electron chi connectivity index (χ4n) is 3.35. The summed E-state index contributed by atoms with van der Waals surface area (Å²) in [6, 6.07) is 18.7. The SMILES string of the molecule is O=C(COc1ccc(Cl)cc1Cl)N1CCN(S(=O)c2ccc3ccccc3c2)CC1. The lowest BCUT2D eigenvalue weighted by Gasteiger charge is -2.33. The van der Waals surface area contributed by atoms with Crippen LogP contribution in [-0.4, -0.2) is 52.1 Å². The Morgan fingerprint density at radius 2 is 1.67 bits per heavy atom. The Balaban J connectivity index is 1.32. The first-order valence-corrected chi connectivity index (χ1v) is 11.4. The maximum atomic E-state index is 13.0. The van der Waals surface area contributed by atoms with Crippen LogP contribution in [-0.2, 0) is 15.8 Å². The fraction of sp³-hybridized carbons (Fsp3) is 0.227. The molecule has 1 unspecified atom stereocenters. The number of benzene rings is 3. The van der Waals surface area contributed by atoms with Crippen LogP contribution in [0.3, 0.4) is 0 Å². The van der Waals surface area contributed by atoms with E-state index >= 15 is 0 Å². The van der Waals surface area contributed by atoms with Crippen molar-refractivity contribution in [3.8, 4) is 5.75 Å². The Labute approximate surface area is 187 Å². The number of hydrogen-bond acceptors (Lipinski definition) is 3. The average Bonchev–Trinajstić information content (AvgIpc) is 2.77. The maximum absolute atomic E-state index is 13.0. The number of carbonyl (C=O) groups excluding carboxylic acids is 1. The van der Waals surface area contributed by atoms with Crippen molar-refractivity contribution in [2.45, 2.75) is 4.90 Å². The highest BCUT2D eigenvalue weighted by atomic mass is 35.5. The predicted molar refractivity (Wildman–Crippen MR) is 120 cm³/mol. The number of hydrogen-bond donors (Lipinski definition) is 0. The van der Waals surface area contributed by atoms with E-state index in [0.717, 1.165) is 15.7 Å². The van der Waals surface area contributed by atoms with E-state index < -0.39 is 11.0 Å². The maximum Gasteiger partial charge on any atom is 0.260 e. The molecule has 30 heavy (non-hydrogen) atoms. The van der Waals surface area contributed by atoms with Crippen molar-refractivity contribution >= 4 is 50.9 Å². The molecule has 0 N–H and O–H groups in total. The van der Waals surface area contributed by atoms with Gasteiger partial charge in [0.15, 0.2) is 6.61 Å². The van der Waals surface area contributed by atoms with E-state index in [1.165, 1.54) is 0 Å². The van der Waals surface area contributed by atoms with Crippen LogP contribution >= 0.6 is 23.2 Å². The second-order valence-electron chi connectivity index (χ2n) is 6.93. The quantitative estimate of drug-likeness (QED) is 0.564. The van der Waals surface area contributed by atoms with Gasteiger partial charge in [0, 0.05) is 31.2 Å². The molecule has 4 rings (SSSR count). The largest absolute Gasteiger partial charge is 0.482 e. The first-order valence-electron chi connectivity index (χ1n) is 9.52. The number of amides is 1. The molecular formula is C22H20Cl2N2O3S. The first-order chi connectivity index (χ1) is 14.5. The number of fused-ring (bicyclic) bond motifs is 1. The number of carbonyl (C=O) groups is 1. The van der Waals surface area contributed by atoms with Gasteiger partial charge in [-0.3, -0.25) is 4.79 Å². The summed E-state index contributed by atoms with van der Waals surface area (Å²) in [5.74, 6) is 0.294. The van der Waals surface area contributed by atoms with Gasteiger partial charge in [-0.15, -0.1) is 0 Å². The van der Waals surface area contributed by atoms with E-state index in [2.05, 4.69) is 0 Å². The Kier molecular flexibility index (Phi) is 6.58. The molecule has 1 heterocycles. The molecule has 5 nitrogen and oxygen atoms in total. The van der Waals surface area contributed by atoms with Gasteiger partial charge in [-0.25, -0.2) is 8.51 Å². The summed E-state index contributed by atoms with van der Waals surface area (Å²) in [5.41, 5.74) is 0. The second kappa shape index (κ2) is 9.35.